The van der Waals surface area contributed by atoms with E-state index in [1.54, 1.807) is 16.2 Å². The van der Waals surface area contributed by atoms with E-state index in [9.17, 15) is 9.59 Å². The minimum atomic E-state index is -0.459. The molecule has 2 amide bonds. The van der Waals surface area contributed by atoms with Crippen molar-refractivity contribution in [1.82, 2.24) is 20.4 Å². The van der Waals surface area contributed by atoms with E-state index in [2.05, 4.69) is 15.5 Å². The van der Waals surface area contributed by atoms with Gasteiger partial charge < -0.3 is 14.7 Å². The van der Waals surface area contributed by atoms with Crippen molar-refractivity contribution in [1.29, 1.82) is 0 Å². The van der Waals surface area contributed by atoms with Crippen LogP contribution in [0.2, 0.25) is 0 Å². The van der Waals surface area contributed by atoms with Gasteiger partial charge in [0.25, 0.3) is 0 Å². The number of hydrogen-bond acceptors (Lipinski definition) is 6. The molecule has 1 aliphatic rings. The van der Waals surface area contributed by atoms with Crippen LogP contribution in [0.4, 0.5) is 0 Å². The van der Waals surface area contributed by atoms with Crippen LogP contribution in [-0.4, -0.2) is 39.4 Å². The number of thiazole rings is 1. The Morgan fingerprint density at radius 3 is 2.73 bits per heavy atom. The van der Waals surface area contributed by atoms with E-state index in [1.165, 1.54) is 0 Å². The van der Waals surface area contributed by atoms with Gasteiger partial charge in [0.15, 0.2) is 0 Å². The maximum absolute atomic E-state index is 13.4. The molecule has 1 fully saturated rings. The summed E-state index contributed by atoms with van der Waals surface area (Å²) in [5.41, 5.74) is 4.70. The molecule has 3 heterocycles. The van der Waals surface area contributed by atoms with Crippen LogP contribution < -0.4 is 5.32 Å². The Morgan fingerprint density at radius 2 is 2.09 bits per heavy atom. The third-order valence-electron chi connectivity index (χ3n) is 6.19. The Labute approximate surface area is 198 Å². The second kappa shape index (κ2) is 10.3. The topological polar surface area (TPSA) is 88.3 Å². The monoisotopic (exact) mass is 466 g/mol. The summed E-state index contributed by atoms with van der Waals surface area (Å²) >= 11 is 1.60. The summed E-state index contributed by atoms with van der Waals surface area (Å²) in [7, 11) is 0. The van der Waals surface area contributed by atoms with E-state index in [0.29, 0.717) is 25.1 Å². The molecule has 1 aromatic carbocycles. The maximum Gasteiger partial charge on any atom is 0.243 e. The average molecular weight is 467 g/mol. The van der Waals surface area contributed by atoms with Crippen molar-refractivity contribution in [3.8, 4) is 10.4 Å². The normalized spacial score (nSPS) is 17.7. The lowest BCUT2D eigenvalue weighted by Crippen LogP contribution is -2.47. The van der Waals surface area contributed by atoms with Crippen LogP contribution in [0.15, 0.2) is 46.6 Å². The van der Waals surface area contributed by atoms with Gasteiger partial charge in [-0.2, -0.15) is 0 Å². The summed E-state index contributed by atoms with van der Waals surface area (Å²) in [5.74, 6) is 0.0252. The predicted molar refractivity (Wildman–Crippen MR) is 128 cm³/mol. The molecule has 0 bridgehead atoms. The van der Waals surface area contributed by atoms with E-state index in [1.807, 2.05) is 62.8 Å². The highest BCUT2D eigenvalue weighted by atomic mass is 32.1. The fraction of sp³-hybridized carbons (Fsp3) is 0.440. The summed E-state index contributed by atoms with van der Waals surface area (Å²) in [6.07, 6.45) is 4.84. The Bertz CT molecular complexity index is 1080. The van der Waals surface area contributed by atoms with Gasteiger partial charge in [0.2, 0.25) is 11.8 Å². The second-order valence-electron chi connectivity index (χ2n) is 8.62. The molecule has 3 atom stereocenters. The Hall–Kier alpha value is -3.00. The van der Waals surface area contributed by atoms with Crippen LogP contribution in [0.1, 0.15) is 68.5 Å². The van der Waals surface area contributed by atoms with Gasteiger partial charge >= 0.3 is 0 Å². The summed E-state index contributed by atoms with van der Waals surface area (Å²) in [5, 5.41) is 7.06. The van der Waals surface area contributed by atoms with E-state index in [-0.39, 0.29) is 17.9 Å². The van der Waals surface area contributed by atoms with Crippen molar-refractivity contribution >= 4 is 23.2 Å². The standard InChI is InChI=1S/C25H30N4O3S/c1-4-6-20(22-13-16(2)28-32-22)25(31)29-12-5-7-21(29)24(30)27-17(3)18-8-10-19(11-9-18)23-14-26-15-33-23/h8-11,13-15,17,20-21H,4-7,12H2,1-3H3,(H,27,30)/t17-,20+,21-/m0/s1. The smallest absolute Gasteiger partial charge is 0.243 e. The number of aryl methyl sites for hydroxylation is 1. The van der Waals surface area contributed by atoms with Gasteiger partial charge in [-0.3, -0.25) is 14.6 Å². The lowest BCUT2D eigenvalue weighted by molar-refractivity contribution is -0.140. The van der Waals surface area contributed by atoms with Crippen LogP contribution in [0.3, 0.4) is 0 Å². The molecule has 1 N–H and O–H groups in total. The summed E-state index contributed by atoms with van der Waals surface area (Å²) in [4.78, 5) is 33.6. The lowest BCUT2D eigenvalue weighted by atomic mass is 9.98. The molecule has 1 aliphatic heterocycles. The first-order valence-corrected chi connectivity index (χ1v) is 12.4. The second-order valence-corrected chi connectivity index (χ2v) is 9.51. The summed E-state index contributed by atoms with van der Waals surface area (Å²) < 4.78 is 5.41. The Kier molecular flexibility index (Phi) is 7.23. The largest absolute Gasteiger partial charge is 0.360 e. The fourth-order valence-electron chi connectivity index (χ4n) is 4.41. The van der Waals surface area contributed by atoms with Crippen molar-refractivity contribution in [2.45, 2.75) is 64.5 Å². The zero-order valence-electron chi connectivity index (χ0n) is 19.3. The number of hydrogen-bond donors (Lipinski definition) is 1. The van der Waals surface area contributed by atoms with E-state index in [4.69, 9.17) is 4.52 Å². The zero-order valence-corrected chi connectivity index (χ0v) is 20.1. The third-order valence-corrected chi connectivity index (χ3v) is 7.01. The SMILES string of the molecule is CCC[C@@H](C(=O)N1CCC[C@H]1C(=O)N[C@@H](C)c1ccc(-c2cncs2)cc1)c1cc(C)no1. The van der Waals surface area contributed by atoms with Crippen molar-refractivity contribution in [3.63, 3.8) is 0 Å². The highest BCUT2D eigenvalue weighted by Gasteiger charge is 2.38. The van der Waals surface area contributed by atoms with E-state index < -0.39 is 12.0 Å². The molecule has 0 saturated carbocycles. The zero-order chi connectivity index (χ0) is 23.4. The van der Waals surface area contributed by atoms with Gasteiger partial charge in [0.1, 0.15) is 11.8 Å². The molecule has 3 aromatic rings. The van der Waals surface area contributed by atoms with Crippen LogP contribution in [0.5, 0.6) is 0 Å². The third kappa shape index (κ3) is 5.16. The number of carbonyl (C=O) groups excluding carboxylic acids is 2. The van der Waals surface area contributed by atoms with Crippen molar-refractivity contribution in [2.24, 2.45) is 0 Å². The molecule has 0 radical (unpaired) electrons. The molecule has 0 unspecified atom stereocenters. The Morgan fingerprint density at radius 1 is 1.30 bits per heavy atom. The first-order chi connectivity index (χ1) is 16.0. The number of nitrogens with one attached hydrogen (secondary N) is 1. The average Bonchev–Trinajstić information content (AvgIpc) is 3.59. The van der Waals surface area contributed by atoms with Crippen LogP contribution in [-0.2, 0) is 9.59 Å². The van der Waals surface area contributed by atoms with Crippen LogP contribution in [0.25, 0.3) is 10.4 Å². The van der Waals surface area contributed by atoms with E-state index >= 15 is 0 Å². The van der Waals surface area contributed by atoms with E-state index in [0.717, 1.165) is 34.5 Å². The quantitative estimate of drug-likeness (QED) is 0.512. The van der Waals surface area contributed by atoms with Gasteiger partial charge in [-0.1, -0.05) is 42.8 Å². The number of nitrogens with zero attached hydrogens (tertiary/aromatic N) is 3. The van der Waals surface area contributed by atoms with Crippen LogP contribution >= 0.6 is 11.3 Å². The lowest BCUT2D eigenvalue weighted by Gasteiger charge is -2.28. The van der Waals surface area contributed by atoms with Crippen molar-refractivity contribution in [2.75, 3.05) is 6.54 Å². The van der Waals surface area contributed by atoms with Crippen LogP contribution in [0, 0.1) is 6.92 Å². The molecular weight excluding hydrogens is 436 g/mol. The molecule has 8 heteroatoms. The molecular formula is C25H30N4O3S. The van der Waals surface area contributed by atoms with Gasteiger partial charge in [0, 0.05) is 18.8 Å². The molecule has 1 saturated heterocycles. The van der Waals surface area contributed by atoms with Crippen molar-refractivity contribution < 1.29 is 14.1 Å². The highest BCUT2D eigenvalue weighted by molar-refractivity contribution is 7.13. The van der Waals surface area contributed by atoms with Gasteiger partial charge in [-0.15, -0.1) is 11.3 Å². The number of aromatic nitrogens is 2. The minimum absolute atomic E-state index is 0.0489. The minimum Gasteiger partial charge on any atom is -0.360 e. The number of carbonyl (C=O) groups is 2. The number of amides is 2. The number of rotatable bonds is 8. The molecule has 7 nitrogen and oxygen atoms in total. The molecule has 174 valence electrons. The molecule has 0 aliphatic carbocycles. The maximum atomic E-state index is 13.4. The molecule has 4 rings (SSSR count). The molecule has 33 heavy (non-hydrogen) atoms. The van der Waals surface area contributed by atoms with Gasteiger partial charge in [-0.25, -0.2) is 0 Å². The number of benzene rings is 1. The summed E-state index contributed by atoms with van der Waals surface area (Å²) in [6.45, 7) is 6.44. The molecule has 2 aromatic heterocycles. The van der Waals surface area contributed by atoms with Gasteiger partial charge in [0.05, 0.1) is 28.0 Å². The van der Waals surface area contributed by atoms with Crippen molar-refractivity contribution in [3.05, 3.63) is 59.1 Å². The van der Waals surface area contributed by atoms with Gasteiger partial charge in [-0.05, 0) is 44.2 Å². The highest BCUT2D eigenvalue weighted by Crippen LogP contribution is 2.30. The first kappa shape index (κ1) is 23.2. The predicted octanol–water partition coefficient (Wildman–Crippen LogP) is 4.86. The summed E-state index contributed by atoms with van der Waals surface area (Å²) in [6, 6.07) is 9.36. The first-order valence-electron chi connectivity index (χ1n) is 11.5. The molecule has 0 spiro atoms. The Balaban J connectivity index is 1.43. The fourth-order valence-corrected chi connectivity index (χ4v) is 5.04. The number of likely N-dealkylation sites (tertiary alicyclic amines) is 1.